The SMILES string of the molecule is Cc1cnc(CCc2cc(-c3ccccc3)c(C)cn2)cc1-c1ccccc1. The van der Waals surface area contributed by atoms with E-state index in [1.807, 2.05) is 24.5 Å². The number of rotatable bonds is 5. The number of aryl methyl sites for hydroxylation is 4. The van der Waals surface area contributed by atoms with Gasteiger partial charge in [-0.2, -0.15) is 0 Å². The number of hydrogen-bond acceptors (Lipinski definition) is 2. The summed E-state index contributed by atoms with van der Waals surface area (Å²) in [4.78, 5) is 9.30. The van der Waals surface area contributed by atoms with Crippen LogP contribution in [0.3, 0.4) is 0 Å². The van der Waals surface area contributed by atoms with Crippen molar-refractivity contribution >= 4 is 0 Å². The summed E-state index contributed by atoms with van der Waals surface area (Å²) in [7, 11) is 0. The van der Waals surface area contributed by atoms with Crippen LogP contribution in [0.2, 0.25) is 0 Å². The molecule has 4 aromatic rings. The van der Waals surface area contributed by atoms with Crippen LogP contribution in [0.25, 0.3) is 22.3 Å². The zero-order chi connectivity index (χ0) is 19.3. The maximum absolute atomic E-state index is 4.65. The molecule has 0 radical (unpaired) electrons. The van der Waals surface area contributed by atoms with E-state index in [-0.39, 0.29) is 0 Å². The molecule has 0 aliphatic heterocycles. The predicted octanol–water partition coefficient (Wildman–Crippen LogP) is 6.21. The van der Waals surface area contributed by atoms with Crippen LogP contribution in [0.15, 0.2) is 85.2 Å². The Balaban J connectivity index is 1.56. The molecular formula is C26H24N2. The Labute approximate surface area is 167 Å². The molecule has 0 aliphatic rings. The normalized spacial score (nSPS) is 10.8. The van der Waals surface area contributed by atoms with Gasteiger partial charge in [-0.25, -0.2) is 0 Å². The van der Waals surface area contributed by atoms with Crippen LogP contribution in [0, 0.1) is 13.8 Å². The first-order chi connectivity index (χ1) is 13.7. The second kappa shape index (κ2) is 8.18. The molecular weight excluding hydrogens is 340 g/mol. The molecule has 0 fully saturated rings. The zero-order valence-corrected chi connectivity index (χ0v) is 16.4. The van der Waals surface area contributed by atoms with Gasteiger partial charge in [0.05, 0.1) is 0 Å². The largest absolute Gasteiger partial charge is 0.261 e. The van der Waals surface area contributed by atoms with E-state index in [2.05, 4.69) is 84.5 Å². The molecule has 4 rings (SSSR count). The highest BCUT2D eigenvalue weighted by Crippen LogP contribution is 2.25. The summed E-state index contributed by atoms with van der Waals surface area (Å²) in [6.45, 7) is 4.24. The number of nitrogens with zero attached hydrogens (tertiary/aromatic N) is 2. The van der Waals surface area contributed by atoms with Gasteiger partial charge in [-0.15, -0.1) is 0 Å². The summed E-state index contributed by atoms with van der Waals surface area (Å²) in [6.07, 6.45) is 5.72. The first-order valence-corrected chi connectivity index (χ1v) is 9.72. The summed E-state index contributed by atoms with van der Waals surface area (Å²) in [5, 5.41) is 0. The first-order valence-electron chi connectivity index (χ1n) is 9.72. The van der Waals surface area contributed by atoms with Crippen molar-refractivity contribution in [3.05, 3.63) is 108 Å². The van der Waals surface area contributed by atoms with Gasteiger partial charge in [-0.1, -0.05) is 60.7 Å². The van der Waals surface area contributed by atoms with Crippen LogP contribution in [0.5, 0.6) is 0 Å². The van der Waals surface area contributed by atoms with E-state index in [4.69, 9.17) is 0 Å². The van der Waals surface area contributed by atoms with E-state index in [0.717, 1.165) is 24.2 Å². The lowest BCUT2D eigenvalue weighted by Gasteiger charge is -2.10. The number of benzene rings is 2. The van der Waals surface area contributed by atoms with Crippen molar-refractivity contribution in [1.29, 1.82) is 0 Å². The van der Waals surface area contributed by atoms with Gasteiger partial charge in [-0.3, -0.25) is 9.97 Å². The Morgan fingerprint density at radius 2 is 0.964 bits per heavy atom. The Morgan fingerprint density at radius 3 is 1.36 bits per heavy atom. The van der Waals surface area contributed by atoms with Gasteiger partial charge in [0.25, 0.3) is 0 Å². The molecule has 0 atom stereocenters. The Morgan fingerprint density at radius 1 is 0.571 bits per heavy atom. The fourth-order valence-corrected chi connectivity index (χ4v) is 3.52. The smallest absolute Gasteiger partial charge is 0.0413 e. The van der Waals surface area contributed by atoms with Gasteiger partial charge in [0, 0.05) is 23.8 Å². The maximum Gasteiger partial charge on any atom is 0.0413 e. The van der Waals surface area contributed by atoms with Crippen LogP contribution in [-0.4, -0.2) is 9.97 Å². The van der Waals surface area contributed by atoms with Crippen LogP contribution in [-0.2, 0) is 12.8 Å². The zero-order valence-electron chi connectivity index (χ0n) is 16.4. The molecule has 2 nitrogen and oxygen atoms in total. The molecule has 0 bridgehead atoms. The fraction of sp³-hybridized carbons (Fsp3) is 0.154. The number of pyridine rings is 2. The van der Waals surface area contributed by atoms with E-state index in [1.165, 1.54) is 33.4 Å². The Hall–Kier alpha value is -3.26. The fourth-order valence-electron chi connectivity index (χ4n) is 3.52. The molecule has 0 saturated carbocycles. The van der Waals surface area contributed by atoms with Gasteiger partial charge in [0.1, 0.15) is 0 Å². The topological polar surface area (TPSA) is 25.8 Å². The monoisotopic (exact) mass is 364 g/mol. The lowest BCUT2D eigenvalue weighted by molar-refractivity contribution is 0.877. The van der Waals surface area contributed by atoms with E-state index >= 15 is 0 Å². The van der Waals surface area contributed by atoms with E-state index in [0.29, 0.717) is 0 Å². The number of hydrogen-bond donors (Lipinski definition) is 0. The summed E-state index contributed by atoms with van der Waals surface area (Å²) >= 11 is 0. The lowest BCUT2D eigenvalue weighted by atomic mass is 9.99. The molecule has 2 aromatic heterocycles. The summed E-state index contributed by atoms with van der Waals surface area (Å²) < 4.78 is 0. The van der Waals surface area contributed by atoms with Crippen molar-refractivity contribution in [2.45, 2.75) is 26.7 Å². The average Bonchev–Trinajstić information content (AvgIpc) is 2.75. The summed E-state index contributed by atoms with van der Waals surface area (Å²) in [6, 6.07) is 25.5. The average molecular weight is 364 g/mol. The molecule has 0 aliphatic carbocycles. The first kappa shape index (κ1) is 18.1. The minimum atomic E-state index is 0.879. The highest BCUT2D eigenvalue weighted by atomic mass is 14.7. The summed E-state index contributed by atoms with van der Waals surface area (Å²) in [5.41, 5.74) is 9.61. The quantitative estimate of drug-likeness (QED) is 0.420. The molecule has 138 valence electrons. The molecule has 0 saturated heterocycles. The molecule has 0 unspecified atom stereocenters. The van der Waals surface area contributed by atoms with Crippen molar-refractivity contribution in [3.63, 3.8) is 0 Å². The second-order valence-corrected chi connectivity index (χ2v) is 7.21. The van der Waals surface area contributed by atoms with Crippen molar-refractivity contribution in [2.75, 3.05) is 0 Å². The van der Waals surface area contributed by atoms with E-state index in [9.17, 15) is 0 Å². The molecule has 2 heteroatoms. The molecule has 2 heterocycles. The third-order valence-corrected chi connectivity index (χ3v) is 5.13. The number of aromatic nitrogens is 2. The van der Waals surface area contributed by atoms with Crippen LogP contribution < -0.4 is 0 Å². The Bertz CT molecular complexity index is 981. The van der Waals surface area contributed by atoms with Crippen molar-refractivity contribution in [2.24, 2.45) is 0 Å². The third kappa shape index (κ3) is 4.01. The van der Waals surface area contributed by atoms with Crippen LogP contribution in [0.1, 0.15) is 22.5 Å². The standard InChI is InChI=1S/C26H24N2/c1-19-17-27-23(15-25(19)21-9-5-3-6-10-21)13-14-24-16-26(20(2)18-28-24)22-11-7-4-8-12-22/h3-12,15-18H,13-14H2,1-2H3. The van der Waals surface area contributed by atoms with E-state index in [1.54, 1.807) is 0 Å². The maximum atomic E-state index is 4.65. The van der Waals surface area contributed by atoms with Gasteiger partial charge >= 0.3 is 0 Å². The van der Waals surface area contributed by atoms with Gasteiger partial charge in [0.15, 0.2) is 0 Å². The van der Waals surface area contributed by atoms with Gasteiger partial charge in [0.2, 0.25) is 0 Å². The van der Waals surface area contributed by atoms with Gasteiger partial charge < -0.3 is 0 Å². The van der Waals surface area contributed by atoms with Crippen molar-refractivity contribution < 1.29 is 0 Å². The van der Waals surface area contributed by atoms with Crippen molar-refractivity contribution in [1.82, 2.24) is 9.97 Å². The van der Waals surface area contributed by atoms with Gasteiger partial charge in [-0.05, 0) is 72.2 Å². The molecule has 0 spiro atoms. The highest BCUT2D eigenvalue weighted by molar-refractivity contribution is 5.68. The van der Waals surface area contributed by atoms with Crippen LogP contribution in [0.4, 0.5) is 0 Å². The molecule has 2 aromatic carbocycles. The predicted molar refractivity (Wildman–Crippen MR) is 116 cm³/mol. The molecule has 28 heavy (non-hydrogen) atoms. The molecule has 0 amide bonds. The highest BCUT2D eigenvalue weighted by Gasteiger charge is 2.08. The minimum absolute atomic E-state index is 0.879. The Kier molecular flexibility index (Phi) is 5.29. The summed E-state index contributed by atoms with van der Waals surface area (Å²) in [5.74, 6) is 0. The van der Waals surface area contributed by atoms with E-state index < -0.39 is 0 Å². The third-order valence-electron chi connectivity index (χ3n) is 5.13. The molecule has 0 N–H and O–H groups in total. The lowest BCUT2D eigenvalue weighted by Crippen LogP contribution is -1.99. The van der Waals surface area contributed by atoms with Crippen molar-refractivity contribution in [3.8, 4) is 22.3 Å². The minimum Gasteiger partial charge on any atom is -0.261 e. The van der Waals surface area contributed by atoms with Crippen LogP contribution >= 0.6 is 0 Å². The second-order valence-electron chi connectivity index (χ2n) is 7.21.